The Labute approximate surface area is 144 Å². The molecule has 25 heavy (non-hydrogen) atoms. The van der Waals surface area contributed by atoms with Crippen molar-refractivity contribution in [1.29, 1.82) is 0 Å². The zero-order valence-electron chi connectivity index (χ0n) is 13.3. The van der Waals surface area contributed by atoms with Crippen LogP contribution in [0.2, 0.25) is 0 Å². The van der Waals surface area contributed by atoms with Crippen LogP contribution in [0.4, 0.5) is 8.78 Å². The fourth-order valence-electron chi connectivity index (χ4n) is 1.90. The number of aliphatic hydroxyl groups is 1. The summed E-state index contributed by atoms with van der Waals surface area (Å²) in [5.74, 6) is -0.991. The van der Waals surface area contributed by atoms with Crippen molar-refractivity contribution in [2.45, 2.75) is 11.0 Å². The molecule has 0 amide bonds. The van der Waals surface area contributed by atoms with E-state index in [0.717, 1.165) is 12.1 Å². The first-order valence-electron chi connectivity index (χ1n) is 7.21. The highest BCUT2D eigenvalue weighted by Gasteiger charge is 2.20. The number of methoxy groups -OCH3 is 1. The highest BCUT2D eigenvalue weighted by Crippen LogP contribution is 2.17. The SMILES string of the molecule is COc1ccc(OCC(O)CNS(=O)(=O)c2ccc(F)cc2F)cc1. The molecule has 6 nitrogen and oxygen atoms in total. The summed E-state index contributed by atoms with van der Waals surface area (Å²) in [5.41, 5.74) is 0. The minimum absolute atomic E-state index is 0.180. The number of sulfonamides is 1. The molecule has 2 aromatic rings. The summed E-state index contributed by atoms with van der Waals surface area (Å²) in [4.78, 5) is -0.697. The number of ether oxygens (including phenoxy) is 2. The van der Waals surface area contributed by atoms with Gasteiger partial charge in [-0.25, -0.2) is 21.9 Å². The van der Waals surface area contributed by atoms with Gasteiger partial charge in [0.2, 0.25) is 10.0 Å². The minimum atomic E-state index is -4.22. The Morgan fingerprint density at radius 1 is 1.12 bits per heavy atom. The molecule has 0 aliphatic rings. The Hall–Kier alpha value is -2.23. The Kier molecular flexibility index (Phi) is 6.29. The molecule has 0 aliphatic heterocycles. The zero-order chi connectivity index (χ0) is 18.4. The predicted octanol–water partition coefficient (Wildman–Crippen LogP) is 1.69. The molecule has 0 heterocycles. The van der Waals surface area contributed by atoms with Gasteiger partial charge in [0.1, 0.15) is 40.7 Å². The van der Waals surface area contributed by atoms with E-state index in [1.165, 1.54) is 7.11 Å². The standard InChI is InChI=1S/C16H17F2NO5S/c1-23-13-3-5-14(6-4-13)24-10-12(20)9-19-25(21,22)16-7-2-11(17)8-15(16)18/h2-8,12,19-20H,9-10H2,1H3. The van der Waals surface area contributed by atoms with Gasteiger partial charge in [0.15, 0.2) is 0 Å². The highest BCUT2D eigenvalue weighted by atomic mass is 32.2. The van der Waals surface area contributed by atoms with Crippen molar-refractivity contribution in [3.63, 3.8) is 0 Å². The van der Waals surface area contributed by atoms with E-state index in [4.69, 9.17) is 9.47 Å². The molecule has 2 aromatic carbocycles. The minimum Gasteiger partial charge on any atom is -0.497 e. The van der Waals surface area contributed by atoms with Crippen molar-refractivity contribution >= 4 is 10.0 Å². The van der Waals surface area contributed by atoms with E-state index in [1.807, 2.05) is 4.72 Å². The number of benzene rings is 2. The molecule has 2 rings (SSSR count). The molecule has 0 spiro atoms. The maximum Gasteiger partial charge on any atom is 0.243 e. The summed E-state index contributed by atoms with van der Waals surface area (Å²) in [6, 6.07) is 8.71. The first-order valence-corrected chi connectivity index (χ1v) is 8.70. The topological polar surface area (TPSA) is 84.9 Å². The van der Waals surface area contributed by atoms with Crippen LogP contribution in [0.25, 0.3) is 0 Å². The van der Waals surface area contributed by atoms with Crippen LogP contribution in [-0.4, -0.2) is 39.9 Å². The van der Waals surface area contributed by atoms with Crippen molar-refractivity contribution < 1.29 is 31.8 Å². The van der Waals surface area contributed by atoms with Crippen molar-refractivity contribution in [2.24, 2.45) is 0 Å². The van der Waals surface area contributed by atoms with Crippen molar-refractivity contribution in [2.75, 3.05) is 20.3 Å². The number of hydrogen-bond donors (Lipinski definition) is 2. The lowest BCUT2D eigenvalue weighted by Gasteiger charge is -2.14. The third-order valence-corrected chi connectivity index (χ3v) is 4.65. The molecule has 0 saturated carbocycles. The Bertz CT molecular complexity index is 812. The quantitative estimate of drug-likeness (QED) is 0.736. The van der Waals surface area contributed by atoms with Crippen LogP contribution >= 0.6 is 0 Å². The summed E-state index contributed by atoms with van der Waals surface area (Å²) in [6.07, 6.45) is -1.17. The molecule has 136 valence electrons. The van der Waals surface area contributed by atoms with Gasteiger partial charge in [0.25, 0.3) is 0 Å². The predicted molar refractivity (Wildman–Crippen MR) is 86.0 cm³/mol. The maximum atomic E-state index is 13.5. The number of nitrogens with one attached hydrogen (secondary N) is 1. The summed E-state index contributed by atoms with van der Waals surface area (Å²) in [7, 11) is -2.69. The van der Waals surface area contributed by atoms with E-state index >= 15 is 0 Å². The number of aliphatic hydroxyl groups excluding tert-OH is 1. The molecule has 0 fully saturated rings. The van der Waals surface area contributed by atoms with Crippen molar-refractivity contribution in [3.05, 3.63) is 54.1 Å². The Morgan fingerprint density at radius 3 is 2.36 bits per heavy atom. The second-order valence-electron chi connectivity index (χ2n) is 5.07. The van der Waals surface area contributed by atoms with Gasteiger partial charge >= 0.3 is 0 Å². The van der Waals surface area contributed by atoms with Gasteiger partial charge in [0.05, 0.1) is 7.11 Å². The summed E-state index contributed by atoms with van der Waals surface area (Å²) >= 11 is 0. The van der Waals surface area contributed by atoms with Gasteiger partial charge in [-0.3, -0.25) is 0 Å². The molecular weight excluding hydrogens is 356 g/mol. The average molecular weight is 373 g/mol. The molecule has 9 heteroatoms. The van der Waals surface area contributed by atoms with E-state index in [9.17, 15) is 22.3 Å². The molecule has 0 aliphatic carbocycles. The van der Waals surface area contributed by atoms with Crippen LogP contribution < -0.4 is 14.2 Å². The summed E-state index contributed by atoms with van der Waals surface area (Å²) in [6.45, 7) is -0.573. The molecule has 2 N–H and O–H groups in total. The molecule has 0 bridgehead atoms. The Balaban J connectivity index is 1.88. The second kappa shape index (κ2) is 8.24. The van der Waals surface area contributed by atoms with Gasteiger partial charge in [-0.2, -0.15) is 0 Å². The van der Waals surface area contributed by atoms with Gasteiger partial charge in [-0.15, -0.1) is 0 Å². The van der Waals surface area contributed by atoms with Gasteiger partial charge in [-0.05, 0) is 36.4 Å². The molecule has 0 aromatic heterocycles. The van der Waals surface area contributed by atoms with Crippen LogP contribution in [0, 0.1) is 11.6 Å². The lowest BCUT2D eigenvalue weighted by atomic mass is 10.3. The van der Waals surface area contributed by atoms with Crippen LogP contribution in [0.5, 0.6) is 11.5 Å². The maximum absolute atomic E-state index is 13.5. The Morgan fingerprint density at radius 2 is 1.76 bits per heavy atom. The summed E-state index contributed by atoms with van der Waals surface area (Å²) < 4.78 is 62.7. The molecule has 0 radical (unpaired) electrons. The average Bonchev–Trinajstić information content (AvgIpc) is 2.58. The normalized spacial score (nSPS) is 12.6. The lowest BCUT2D eigenvalue weighted by Crippen LogP contribution is -2.35. The third kappa shape index (κ3) is 5.38. The van der Waals surface area contributed by atoms with Crippen LogP contribution in [0.1, 0.15) is 0 Å². The third-order valence-electron chi connectivity index (χ3n) is 3.19. The lowest BCUT2D eigenvalue weighted by molar-refractivity contribution is 0.111. The fraction of sp³-hybridized carbons (Fsp3) is 0.250. The van der Waals surface area contributed by atoms with Crippen LogP contribution in [-0.2, 0) is 10.0 Å². The molecule has 1 atom stereocenters. The van der Waals surface area contributed by atoms with E-state index in [2.05, 4.69) is 0 Å². The zero-order valence-corrected chi connectivity index (χ0v) is 14.1. The van der Waals surface area contributed by atoms with E-state index in [-0.39, 0.29) is 6.61 Å². The first-order chi connectivity index (χ1) is 11.8. The first kappa shape index (κ1) is 19.1. The smallest absolute Gasteiger partial charge is 0.243 e. The van der Waals surface area contributed by atoms with Crippen molar-refractivity contribution in [3.8, 4) is 11.5 Å². The largest absolute Gasteiger partial charge is 0.497 e. The van der Waals surface area contributed by atoms with E-state index in [1.54, 1.807) is 24.3 Å². The van der Waals surface area contributed by atoms with Crippen LogP contribution in [0.3, 0.4) is 0 Å². The second-order valence-corrected chi connectivity index (χ2v) is 6.80. The molecule has 0 saturated heterocycles. The number of hydrogen-bond acceptors (Lipinski definition) is 5. The molecule has 1 unspecified atom stereocenters. The van der Waals surface area contributed by atoms with Gasteiger partial charge < -0.3 is 14.6 Å². The monoisotopic (exact) mass is 373 g/mol. The number of rotatable bonds is 8. The van der Waals surface area contributed by atoms with Gasteiger partial charge in [-0.1, -0.05) is 0 Å². The van der Waals surface area contributed by atoms with Gasteiger partial charge in [0, 0.05) is 12.6 Å². The highest BCUT2D eigenvalue weighted by molar-refractivity contribution is 7.89. The molecular formula is C16H17F2NO5S. The van der Waals surface area contributed by atoms with Crippen molar-refractivity contribution in [1.82, 2.24) is 4.72 Å². The van der Waals surface area contributed by atoms with E-state index < -0.39 is 39.2 Å². The summed E-state index contributed by atoms with van der Waals surface area (Å²) in [5, 5.41) is 9.80. The van der Waals surface area contributed by atoms with Crippen LogP contribution in [0.15, 0.2) is 47.4 Å². The fourth-order valence-corrected chi connectivity index (χ4v) is 3.03. The van der Waals surface area contributed by atoms with E-state index in [0.29, 0.717) is 17.6 Å². The number of halogens is 2.